The average Bonchev–Trinajstić information content (AvgIpc) is 2.94. The van der Waals surface area contributed by atoms with Crippen LogP contribution in [0, 0.1) is 29.6 Å². The maximum atomic E-state index is 14.2. The molecule has 1 aromatic heterocycles. The third-order valence-corrected chi connectivity index (χ3v) is 3.86. The van der Waals surface area contributed by atoms with Crippen molar-refractivity contribution in [3.8, 4) is 11.4 Å². The molecule has 0 saturated heterocycles. The van der Waals surface area contributed by atoms with Crippen molar-refractivity contribution in [1.82, 2.24) is 4.57 Å². The Morgan fingerprint density at radius 3 is 2.16 bits per heavy atom. The van der Waals surface area contributed by atoms with Crippen LogP contribution in [0.3, 0.4) is 0 Å². The molecule has 1 heterocycles. The molecule has 0 amide bonds. The number of hydrogen-bond acceptors (Lipinski definition) is 0. The van der Waals surface area contributed by atoms with Crippen LogP contribution in [0.15, 0.2) is 60.7 Å². The first-order valence-electron chi connectivity index (χ1n) is 7.40. The van der Waals surface area contributed by atoms with Gasteiger partial charge in [0.2, 0.25) is 0 Å². The minimum absolute atomic E-state index is 0.0684. The zero-order valence-corrected chi connectivity index (χ0v) is 12.7. The molecule has 4 rings (SSSR count). The summed E-state index contributed by atoms with van der Waals surface area (Å²) in [6.07, 6.45) is 2.85. The Bertz CT molecular complexity index is 1020. The SMILES string of the molecule is Fc1ccc(-n2[c-][n+](-c3ccc(F)cc3F)c3ccccc32)c(F)c1. The number of halogens is 4. The fourth-order valence-electron chi connectivity index (χ4n) is 2.74. The maximum Gasteiger partial charge on any atom is 0.270 e. The largest absolute Gasteiger partial charge is 0.289 e. The van der Waals surface area contributed by atoms with Gasteiger partial charge in [-0.2, -0.15) is 0 Å². The summed E-state index contributed by atoms with van der Waals surface area (Å²) >= 11 is 0. The number of para-hydroxylation sites is 2. The third kappa shape index (κ3) is 2.55. The van der Waals surface area contributed by atoms with Crippen LogP contribution in [0.4, 0.5) is 17.6 Å². The summed E-state index contributed by atoms with van der Waals surface area (Å²) < 4.78 is 57.5. The van der Waals surface area contributed by atoms with E-state index in [0.717, 1.165) is 24.3 Å². The zero-order valence-electron chi connectivity index (χ0n) is 12.7. The van der Waals surface area contributed by atoms with Crippen LogP contribution in [-0.2, 0) is 0 Å². The van der Waals surface area contributed by atoms with Crippen LogP contribution in [-0.4, -0.2) is 4.57 Å². The Labute approximate surface area is 140 Å². The van der Waals surface area contributed by atoms with E-state index in [1.807, 2.05) is 0 Å². The molecule has 3 aromatic carbocycles. The lowest BCUT2D eigenvalue weighted by Crippen LogP contribution is -2.31. The van der Waals surface area contributed by atoms with Crippen molar-refractivity contribution in [3.05, 3.63) is 90.3 Å². The predicted molar refractivity (Wildman–Crippen MR) is 83.5 cm³/mol. The lowest BCUT2D eigenvalue weighted by molar-refractivity contribution is -0.574. The van der Waals surface area contributed by atoms with Crippen LogP contribution < -0.4 is 4.57 Å². The van der Waals surface area contributed by atoms with E-state index in [0.29, 0.717) is 11.0 Å². The minimum Gasteiger partial charge on any atom is -0.289 e. The number of fused-ring (bicyclic) bond motifs is 1. The Kier molecular flexibility index (Phi) is 3.53. The Balaban J connectivity index is 2.02. The molecular weight excluding hydrogens is 332 g/mol. The molecule has 2 nitrogen and oxygen atoms in total. The topological polar surface area (TPSA) is 8.81 Å². The summed E-state index contributed by atoms with van der Waals surface area (Å²) in [6.45, 7) is 0. The molecule has 0 aliphatic rings. The van der Waals surface area contributed by atoms with Gasteiger partial charge in [-0.05, 0) is 24.3 Å². The first-order chi connectivity index (χ1) is 12.0. The molecule has 0 bridgehead atoms. The molecule has 0 aliphatic carbocycles. The van der Waals surface area contributed by atoms with Crippen LogP contribution in [0.1, 0.15) is 0 Å². The van der Waals surface area contributed by atoms with E-state index in [4.69, 9.17) is 0 Å². The van der Waals surface area contributed by atoms with Gasteiger partial charge in [-0.3, -0.25) is 9.13 Å². The molecule has 6 heteroatoms. The first kappa shape index (κ1) is 15.4. The smallest absolute Gasteiger partial charge is 0.270 e. The average molecular weight is 342 g/mol. The van der Waals surface area contributed by atoms with Gasteiger partial charge in [0, 0.05) is 12.1 Å². The fourth-order valence-corrected chi connectivity index (χ4v) is 2.74. The highest BCUT2D eigenvalue weighted by molar-refractivity contribution is 5.74. The molecule has 0 aliphatic heterocycles. The number of rotatable bonds is 2. The summed E-state index contributed by atoms with van der Waals surface area (Å²) in [5.41, 5.74) is 1.21. The van der Waals surface area contributed by atoms with Crippen molar-refractivity contribution in [2.24, 2.45) is 0 Å². The van der Waals surface area contributed by atoms with E-state index in [-0.39, 0.29) is 11.4 Å². The number of imidazole rings is 1. The second-order valence-corrected chi connectivity index (χ2v) is 5.45. The van der Waals surface area contributed by atoms with Gasteiger partial charge < -0.3 is 0 Å². The van der Waals surface area contributed by atoms with Gasteiger partial charge in [0.25, 0.3) is 6.33 Å². The Hall–Kier alpha value is -3.15. The lowest BCUT2D eigenvalue weighted by Gasteiger charge is -2.04. The molecule has 0 spiro atoms. The van der Waals surface area contributed by atoms with E-state index in [9.17, 15) is 17.6 Å². The van der Waals surface area contributed by atoms with Crippen molar-refractivity contribution in [2.45, 2.75) is 0 Å². The molecule has 0 unspecified atom stereocenters. The van der Waals surface area contributed by atoms with Gasteiger partial charge in [-0.1, -0.05) is 24.3 Å². The van der Waals surface area contributed by atoms with Crippen molar-refractivity contribution >= 4 is 11.0 Å². The highest BCUT2D eigenvalue weighted by atomic mass is 19.1. The van der Waals surface area contributed by atoms with Crippen molar-refractivity contribution in [3.63, 3.8) is 0 Å². The quantitative estimate of drug-likeness (QED) is 0.292. The summed E-state index contributed by atoms with van der Waals surface area (Å²) in [5.74, 6) is -2.95. The van der Waals surface area contributed by atoms with E-state index in [1.54, 1.807) is 24.3 Å². The van der Waals surface area contributed by atoms with E-state index in [2.05, 4.69) is 6.33 Å². The summed E-state index contributed by atoms with van der Waals surface area (Å²) in [5, 5.41) is 0. The van der Waals surface area contributed by atoms with Crippen LogP contribution in [0.2, 0.25) is 0 Å². The number of nitrogens with zero attached hydrogens (tertiary/aromatic N) is 2. The van der Waals surface area contributed by atoms with Gasteiger partial charge in [0.05, 0.1) is 11.0 Å². The van der Waals surface area contributed by atoms with Crippen LogP contribution in [0.25, 0.3) is 22.4 Å². The van der Waals surface area contributed by atoms with Crippen LogP contribution in [0.5, 0.6) is 0 Å². The van der Waals surface area contributed by atoms with Crippen molar-refractivity contribution < 1.29 is 22.1 Å². The van der Waals surface area contributed by atoms with E-state index in [1.165, 1.54) is 21.3 Å². The molecule has 124 valence electrons. The van der Waals surface area contributed by atoms with Crippen molar-refractivity contribution in [1.29, 1.82) is 0 Å². The molecule has 0 radical (unpaired) electrons. The number of hydrogen-bond donors (Lipinski definition) is 0. The second-order valence-electron chi connectivity index (χ2n) is 5.45. The number of aromatic nitrogens is 2. The molecule has 25 heavy (non-hydrogen) atoms. The van der Waals surface area contributed by atoms with Gasteiger partial charge >= 0.3 is 0 Å². The summed E-state index contributed by atoms with van der Waals surface area (Å²) in [6, 6.07) is 13.2. The lowest BCUT2D eigenvalue weighted by atomic mass is 10.2. The molecule has 4 aromatic rings. The molecule has 0 fully saturated rings. The van der Waals surface area contributed by atoms with Crippen molar-refractivity contribution in [2.75, 3.05) is 0 Å². The Morgan fingerprint density at radius 2 is 1.44 bits per heavy atom. The van der Waals surface area contributed by atoms with E-state index < -0.39 is 23.3 Å². The third-order valence-electron chi connectivity index (χ3n) is 3.86. The predicted octanol–water partition coefficient (Wildman–Crippen LogP) is 4.26. The maximum absolute atomic E-state index is 14.2. The summed E-state index contributed by atoms with van der Waals surface area (Å²) in [7, 11) is 0. The molecule has 0 saturated carbocycles. The van der Waals surface area contributed by atoms with Crippen LogP contribution >= 0.6 is 0 Å². The van der Waals surface area contributed by atoms with E-state index >= 15 is 0 Å². The molecule has 0 N–H and O–H groups in total. The normalized spacial score (nSPS) is 11.2. The summed E-state index contributed by atoms with van der Waals surface area (Å²) in [4.78, 5) is 0. The fraction of sp³-hybridized carbons (Fsp3) is 0. The highest BCUT2D eigenvalue weighted by Gasteiger charge is 2.17. The molecular formula is C19H10F4N2. The van der Waals surface area contributed by atoms with Gasteiger partial charge in [-0.25, -0.2) is 17.6 Å². The van der Waals surface area contributed by atoms with Gasteiger partial charge in [0.15, 0.2) is 0 Å². The second kappa shape index (κ2) is 5.73. The standard InChI is InChI=1S/C19H10F4N2/c20-12-5-7-16(14(22)9-12)24-11-25(19-4-2-1-3-18(19)24)17-8-6-13(21)10-15(17)23/h1-10H. The zero-order chi connectivity index (χ0) is 17.6. The van der Waals surface area contributed by atoms with Gasteiger partial charge in [0.1, 0.15) is 34.6 Å². The highest BCUT2D eigenvalue weighted by Crippen LogP contribution is 2.22. The monoisotopic (exact) mass is 342 g/mol. The Morgan fingerprint density at radius 1 is 0.760 bits per heavy atom. The molecule has 0 atom stereocenters. The number of benzene rings is 3. The van der Waals surface area contributed by atoms with Gasteiger partial charge in [-0.15, -0.1) is 0 Å². The minimum atomic E-state index is -0.774. The first-order valence-corrected chi connectivity index (χ1v) is 7.40.